The monoisotopic (exact) mass is 259 g/mol. The van der Waals surface area contributed by atoms with E-state index in [2.05, 4.69) is 62.4 Å². The Balaban J connectivity index is 2.04. The van der Waals surface area contributed by atoms with Gasteiger partial charge in [-0.05, 0) is 47.9 Å². The second kappa shape index (κ2) is 6.03. The van der Waals surface area contributed by atoms with Crippen LogP contribution < -0.4 is 0 Å². The summed E-state index contributed by atoms with van der Waals surface area (Å²) in [6.45, 7) is 5.77. The molecule has 0 fully saturated rings. The smallest absolute Gasteiger partial charge is 0.0396 e. The average Bonchev–Trinajstić information content (AvgIpc) is 2.35. The van der Waals surface area contributed by atoms with E-state index in [1.807, 2.05) is 4.42 Å². The lowest BCUT2D eigenvalue weighted by molar-refractivity contribution is 0.443. The Morgan fingerprint density at radius 3 is 1.56 bits per heavy atom. The van der Waals surface area contributed by atoms with E-state index in [1.165, 1.54) is 22.3 Å². The molecule has 0 aliphatic rings. The van der Waals surface area contributed by atoms with Crippen LogP contribution in [0.5, 0.6) is 0 Å². The van der Waals surface area contributed by atoms with Crippen molar-refractivity contribution in [2.75, 3.05) is 0 Å². The molecule has 0 unspecified atom stereocenters. The Morgan fingerprint density at radius 1 is 0.778 bits per heavy atom. The van der Waals surface area contributed by atoms with Gasteiger partial charge in [0.15, 0.2) is 0 Å². The average molecular weight is 260 g/mol. The van der Waals surface area contributed by atoms with Crippen LogP contribution in [0.1, 0.15) is 22.3 Å². The largest absolute Gasteiger partial charge is 0.211 e. The Labute approximate surface area is 114 Å². The van der Waals surface area contributed by atoms with Gasteiger partial charge < -0.3 is 0 Å². The highest BCUT2D eigenvalue weighted by molar-refractivity contribution is 6.13. The second-order valence-corrected chi connectivity index (χ2v) is 5.11. The summed E-state index contributed by atoms with van der Waals surface area (Å²) in [6.07, 6.45) is 0. The van der Waals surface area contributed by atoms with Crippen LogP contribution in [-0.4, -0.2) is 4.42 Å². The maximum absolute atomic E-state index is 6.33. The minimum absolute atomic E-state index is 0.766. The molecule has 0 aliphatic carbocycles. The van der Waals surface area contributed by atoms with E-state index >= 15 is 0 Å². The number of nitrogens with zero attached hydrogens (tertiary/aromatic N) is 1. The van der Waals surface area contributed by atoms with Gasteiger partial charge in [0, 0.05) is 13.1 Å². The van der Waals surface area contributed by atoms with Crippen molar-refractivity contribution in [2.45, 2.75) is 26.9 Å². The minimum Gasteiger partial charge on any atom is -0.211 e. The first kappa shape index (κ1) is 13.1. The van der Waals surface area contributed by atoms with E-state index in [0.29, 0.717) is 0 Å². The fourth-order valence-electron chi connectivity index (χ4n) is 2.00. The fourth-order valence-corrected chi connectivity index (χ4v) is 2.26. The van der Waals surface area contributed by atoms with E-state index in [-0.39, 0.29) is 0 Å². The summed E-state index contributed by atoms with van der Waals surface area (Å²) in [4.78, 5) is 0. The molecule has 0 spiro atoms. The van der Waals surface area contributed by atoms with Gasteiger partial charge in [-0.1, -0.05) is 48.5 Å². The standard InChI is InChI=1S/C16H18ClN/c1-13-7-3-5-9-15(13)11-18(17)12-16-10-6-4-8-14(16)2/h3-10H,11-12H2,1-2H3. The predicted octanol–water partition coefficient (Wildman–Crippen LogP) is 4.46. The highest BCUT2D eigenvalue weighted by atomic mass is 35.5. The van der Waals surface area contributed by atoms with Gasteiger partial charge >= 0.3 is 0 Å². The summed E-state index contributed by atoms with van der Waals surface area (Å²) < 4.78 is 1.84. The predicted molar refractivity (Wildman–Crippen MR) is 77.5 cm³/mol. The lowest BCUT2D eigenvalue weighted by Crippen LogP contribution is -2.12. The molecule has 0 radical (unpaired) electrons. The van der Waals surface area contributed by atoms with Crippen LogP contribution in [-0.2, 0) is 13.1 Å². The zero-order valence-corrected chi connectivity index (χ0v) is 11.6. The number of benzene rings is 2. The zero-order valence-electron chi connectivity index (χ0n) is 10.9. The number of rotatable bonds is 4. The van der Waals surface area contributed by atoms with Gasteiger partial charge in [0.1, 0.15) is 0 Å². The van der Waals surface area contributed by atoms with Crippen molar-refractivity contribution in [3.63, 3.8) is 0 Å². The van der Waals surface area contributed by atoms with Crippen LogP contribution >= 0.6 is 11.8 Å². The van der Waals surface area contributed by atoms with Crippen molar-refractivity contribution in [2.24, 2.45) is 0 Å². The van der Waals surface area contributed by atoms with E-state index in [4.69, 9.17) is 11.8 Å². The van der Waals surface area contributed by atoms with Crippen molar-refractivity contribution < 1.29 is 0 Å². The number of hydrogen-bond donors (Lipinski definition) is 0. The molecule has 2 heteroatoms. The van der Waals surface area contributed by atoms with Crippen LogP contribution in [0.25, 0.3) is 0 Å². The molecule has 18 heavy (non-hydrogen) atoms. The summed E-state index contributed by atoms with van der Waals surface area (Å²) >= 11 is 6.33. The third kappa shape index (κ3) is 3.34. The molecular weight excluding hydrogens is 242 g/mol. The highest BCUT2D eigenvalue weighted by Gasteiger charge is 2.07. The maximum Gasteiger partial charge on any atom is 0.0396 e. The van der Waals surface area contributed by atoms with E-state index < -0.39 is 0 Å². The molecular formula is C16H18ClN. The normalized spacial score (nSPS) is 10.9. The van der Waals surface area contributed by atoms with Gasteiger partial charge in [-0.25, -0.2) is 4.42 Å². The minimum atomic E-state index is 0.766. The van der Waals surface area contributed by atoms with Gasteiger partial charge in [-0.2, -0.15) is 0 Å². The summed E-state index contributed by atoms with van der Waals surface area (Å²) in [5.41, 5.74) is 5.13. The molecule has 0 saturated carbocycles. The van der Waals surface area contributed by atoms with E-state index in [0.717, 1.165) is 13.1 Å². The SMILES string of the molecule is Cc1ccccc1CN(Cl)Cc1ccccc1C. The van der Waals surface area contributed by atoms with Crippen molar-refractivity contribution >= 4 is 11.8 Å². The first-order valence-corrected chi connectivity index (χ1v) is 6.50. The lowest BCUT2D eigenvalue weighted by atomic mass is 10.1. The van der Waals surface area contributed by atoms with Gasteiger partial charge in [0.25, 0.3) is 0 Å². The molecule has 0 atom stereocenters. The molecule has 2 aromatic carbocycles. The Hall–Kier alpha value is -1.31. The first-order valence-electron chi connectivity index (χ1n) is 6.16. The van der Waals surface area contributed by atoms with Crippen molar-refractivity contribution in [3.8, 4) is 0 Å². The van der Waals surface area contributed by atoms with Gasteiger partial charge in [-0.3, -0.25) is 0 Å². The van der Waals surface area contributed by atoms with Crippen LogP contribution in [0, 0.1) is 13.8 Å². The zero-order chi connectivity index (χ0) is 13.0. The third-order valence-electron chi connectivity index (χ3n) is 3.21. The number of aryl methyl sites for hydroxylation is 2. The fraction of sp³-hybridized carbons (Fsp3) is 0.250. The second-order valence-electron chi connectivity index (χ2n) is 4.63. The maximum atomic E-state index is 6.33. The van der Waals surface area contributed by atoms with Gasteiger partial charge in [0.2, 0.25) is 0 Å². The molecule has 1 nitrogen and oxygen atoms in total. The molecule has 0 heterocycles. The summed E-state index contributed by atoms with van der Waals surface area (Å²) in [5, 5.41) is 0. The molecule has 0 aromatic heterocycles. The molecule has 0 aliphatic heterocycles. The van der Waals surface area contributed by atoms with Gasteiger partial charge in [0.05, 0.1) is 0 Å². The number of halogens is 1. The third-order valence-corrected chi connectivity index (χ3v) is 3.45. The molecule has 2 rings (SSSR count). The molecule has 0 saturated heterocycles. The van der Waals surface area contributed by atoms with Crippen molar-refractivity contribution in [1.29, 1.82) is 0 Å². The molecule has 0 bridgehead atoms. The molecule has 0 amide bonds. The molecule has 0 N–H and O–H groups in total. The Kier molecular flexibility index (Phi) is 4.40. The Bertz CT molecular complexity index is 475. The molecule has 2 aromatic rings. The van der Waals surface area contributed by atoms with E-state index in [9.17, 15) is 0 Å². The summed E-state index contributed by atoms with van der Waals surface area (Å²) in [5.74, 6) is 0. The quantitative estimate of drug-likeness (QED) is 0.733. The number of hydrogen-bond acceptors (Lipinski definition) is 1. The van der Waals surface area contributed by atoms with Crippen molar-refractivity contribution in [1.82, 2.24) is 4.42 Å². The van der Waals surface area contributed by atoms with Gasteiger partial charge in [-0.15, -0.1) is 0 Å². The van der Waals surface area contributed by atoms with Crippen LogP contribution in [0.3, 0.4) is 0 Å². The van der Waals surface area contributed by atoms with E-state index in [1.54, 1.807) is 0 Å². The molecule has 94 valence electrons. The van der Waals surface area contributed by atoms with Crippen LogP contribution in [0.15, 0.2) is 48.5 Å². The Morgan fingerprint density at radius 2 is 1.17 bits per heavy atom. The van der Waals surface area contributed by atoms with Crippen LogP contribution in [0.4, 0.5) is 0 Å². The van der Waals surface area contributed by atoms with Crippen molar-refractivity contribution in [3.05, 3.63) is 70.8 Å². The highest BCUT2D eigenvalue weighted by Crippen LogP contribution is 2.16. The summed E-state index contributed by atoms with van der Waals surface area (Å²) in [6, 6.07) is 16.7. The lowest BCUT2D eigenvalue weighted by Gasteiger charge is -2.16. The topological polar surface area (TPSA) is 3.24 Å². The van der Waals surface area contributed by atoms with Crippen LogP contribution in [0.2, 0.25) is 0 Å². The first-order chi connectivity index (χ1) is 8.66. The summed E-state index contributed by atoms with van der Waals surface area (Å²) in [7, 11) is 0.